The maximum absolute atomic E-state index is 12.4. The van der Waals surface area contributed by atoms with Crippen molar-refractivity contribution in [3.8, 4) is 5.88 Å². The van der Waals surface area contributed by atoms with Gasteiger partial charge in [0.05, 0.1) is 7.11 Å². The molecule has 0 saturated heterocycles. The molecule has 0 amide bonds. The van der Waals surface area contributed by atoms with Crippen LogP contribution in [0.25, 0.3) is 12.2 Å². The van der Waals surface area contributed by atoms with E-state index >= 15 is 0 Å². The van der Waals surface area contributed by atoms with Gasteiger partial charge in [0.25, 0.3) is 0 Å². The third kappa shape index (κ3) is 5.69. The summed E-state index contributed by atoms with van der Waals surface area (Å²) in [5.74, 6) is 0.607. The van der Waals surface area contributed by atoms with Crippen molar-refractivity contribution in [2.45, 2.75) is 19.8 Å². The number of aliphatic hydroxyl groups is 1. The molecule has 0 saturated carbocycles. The molecule has 2 aromatic rings. The van der Waals surface area contributed by atoms with Crippen LogP contribution in [-0.2, 0) is 0 Å². The van der Waals surface area contributed by atoms with E-state index < -0.39 is 0 Å². The van der Waals surface area contributed by atoms with Crippen LogP contribution in [-0.4, -0.2) is 29.6 Å². The molecule has 0 spiro atoms. The predicted octanol–water partition coefficient (Wildman–Crippen LogP) is 4.51. The SMILES string of the molecule is COc1ncc(C(=O)CC(C)CCO)cc1/C=C/c1ccc(Cl)cc1. The van der Waals surface area contributed by atoms with E-state index in [9.17, 15) is 4.79 Å². The zero-order chi connectivity index (χ0) is 18.2. The highest BCUT2D eigenvalue weighted by molar-refractivity contribution is 6.30. The topological polar surface area (TPSA) is 59.4 Å². The molecule has 1 N–H and O–H groups in total. The smallest absolute Gasteiger partial charge is 0.220 e. The normalized spacial score (nSPS) is 12.3. The van der Waals surface area contributed by atoms with Crippen molar-refractivity contribution in [3.05, 3.63) is 58.2 Å². The molecule has 25 heavy (non-hydrogen) atoms. The maximum Gasteiger partial charge on any atom is 0.220 e. The Morgan fingerprint density at radius 2 is 2.04 bits per heavy atom. The zero-order valence-corrected chi connectivity index (χ0v) is 15.2. The van der Waals surface area contributed by atoms with Gasteiger partial charge in [-0.05, 0) is 42.2 Å². The number of carbonyl (C=O) groups excluding carboxylic acids is 1. The number of rotatable bonds is 8. The van der Waals surface area contributed by atoms with Gasteiger partial charge in [-0.15, -0.1) is 0 Å². The fourth-order valence-electron chi connectivity index (χ4n) is 2.43. The fraction of sp³-hybridized carbons (Fsp3) is 0.300. The molecule has 2 rings (SSSR count). The summed E-state index contributed by atoms with van der Waals surface area (Å²) in [6, 6.07) is 9.24. The molecule has 0 bridgehead atoms. The van der Waals surface area contributed by atoms with E-state index in [4.69, 9.17) is 21.4 Å². The molecule has 1 unspecified atom stereocenters. The number of ketones is 1. The first-order valence-corrected chi connectivity index (χ1v) is 8.53. The quantitative estimate of drug-likeness (QED) is 0.705. The van der Waals surface area contributed by atoms with Crippen LogP contribution in [0.5, 0.6) is 5.88 Å². The zero-order valence-electron chi connectivity index (χ0n) is 14.4. The van der Waals surface area contributed by atoms with Crippen LogP contribution >= 0.6 is 11.6 Å². The summed E-state index contributed by atoms with van der Waals surface area (Å²) in [7, 11) is 1.55. The van der Waals surface area contributed by atoms with Crippen molar-refractivity contribution >= 4 is 29.5 Å². The molecule has 1 aromatic heterocycles. The number of benzene rings is 1. The predicted molar refractivity (Wildman–Crippen MR) is 101 cm³/mol. The number of aliphatic hydroxyl groups excluding tert-OH is 1. The van der Waals surface area contributed by atoms with E-state index in [0.717, 1.165) is 11.1 Å². The third-order valence-corrected chi connectivity index (χ3v) is 4.13. The lowest BCUT2D eigenvalue weighted by atomic mass is 9.97. The minimum atomic E-state index is 0.0113. The molecule has 4 nitrogen and oxygen atoms in total. The first-order chi connectivity index (χ1) is 12.0. The second-order valence-corrected chi connectivity index (χ2v) is 6.39. The van der Waals surface area contributed by atoms with Gasteiger partial charge >= 0.3 is 0 Å². The minimum Gasteiger partial charge on any atom is -0.481 e. The molecule has 1 atom stereocenters. The standard InChI is InChI=1S/C20H22ClNO3/c1-14(9-10-23)11-19(24)17-12-16(20(25-2)22-13-17)6-3-15-4-7-18(21)8-5-15/h3-8,12-14,23H,9-11H2,1-2H3/b6-3+. The molecule has 5 heteroatoms. The van der Waals surface area contributed by atoms with Crippen molar-refractivity contribution < 1.29 is 14.6 Å². The number of ether oxygens (including phenoxy) is 1. The number of hydrogen-bond acceptors (Lipinski definition) is 4. The summed E-state index contributed by atoms with van der Waals surface area (Å²) >= 11 is 5.89. The number of pyridine rings is 1. The number of aromatic nitrogens is 1. The summed E-state index contributed by atoms with van der Waals surface area (Å²) in [6.07, 6.45) is 6.31. The van der Waals surface area contributed by atoms with Crippen molar-refractivity contribution in [1.82, 2.24) is 4.98 Å². The average Bonchev–Trinajstić information content (AvgIpc) is 2.61. The lowest BCUT2D eigenvalue weighted by Crippen LogP contribution is -2.08. The van der Waals surface area contributed by atoms with Crippen molar-refractivity contribution in [1.29, 1.82) is 0 Å². The number of Topliss-reactive ketones (excluding diaryl/α,β-unsaturated/α-hetero) is 1. The lowest BCUT2D eigenvalue weighted by molar-refractivity contribution is 0.0957. The molecule has 132 valence electrons. The summed E-state index contributed by atoms with van der Waals surface area (Å²) in [5.41, 5.74) is 2.26. The van der Waals surface area contributed by atoms with Crippen LogP contribution in [0.3, 0.4) is 0 Å². The van der Waals surface area contributed by atoms with Crippen LogP contribution < -0.4 is 4.74 Å². The first-order valence-electron chi connectivity index (χ1n) is 8.15. The molecular weight excluding hydrogens is 338 g/mol. The largest absolute Gasteiger partial charge is 0.481 e. The molecule has 0 fully saturated rings. The summed E-state index contributed by atoms with van der Waals surface area (Å²) < 4.78 is 5.28. The molecule has 0 aliphatic heterocycles. The van der Waals surface area contributed by atoms with Crippen LogP contribution in [0, 0.1) is 5.92 Å². The second-order valence-electron chi connectivity index (χ2n) is 5.95. The van der Waals surface area contributed by atoms with E-state index in [1.54, 1.807) is 13.2 Å². The van der Waals surface area contributed by atoms with Gasteiger partial charge in [0, 0.05) is 35.4 Å². The number of nitrogens with zero attached hydrogens (tertiary/aromatic N) is 1. The number of hydrogen-bond donors (Lipinski definition) is 1. The van der Waals surface area contributed by atoms with Gasteiger partial charge in [-0.3, -0.25) is 4.79 Å². The van der Waals surface area contributed by atoms with Gasteiger partial charge in [0.15, 0.2) is 5.78 Å². The average molecular weight is 360 g/mol. The van der Waals surface area contributed by atoms with Gasteiger partial charge < -0.3 is 9.84 Å². The van der Waals surface area contributed by atoms with Crippen LogP contribution in [0.1, 0.15) is 41.3 Å². The van der Waals surface area contributed by atoms with Crippen LogP contribution in [0.2, 0.25) is 5.02 Å². The first kappa shape index (κ1) is 19.2. The van der Waals surface area contributed by atoms with Gasteiger partial charge in [-0.25, -0.2) is 4.98 Å². The minimum absolute atomic E-state index is 0.0113. The van der Waals surface area contributed by atoms with E-state index in [2.05, 4.69) is 4.98 Å². The highest BCUT2D eigenvalue weighted by Crippen LogP contribution is 2.22. The molecule has 0 aliphatic rings. The van der Waals surface area contributed by atoms with Gasteiger partial charge in [-0.2, -0.15) is 0 Å². The van der Waals surface area contributed by atoms with Crippen molar-refractivity contribution in [2.75, 3.05) is 13.7 Å². The Bertz CT molecular complexity index is 741. The van der Waals surface area contributed by atoms with Gasteiger partial charge in [-0.1, -0.05) is 36.7 Å². The summed E-state index contributed by atoms with van der Waals surface area (Å²) in [6.45, 7) is 2.04. The van der Waals surface area contributed by atoms with Crippen LogP contribution in [0.4, 0.5) is 0 Å². The van der Waals surface area contributed by atoms with Gasteiger partial charge in [0.1, 0.15) is 0 Å². The second kappa shape index (κ2) is 9.35. The molecule has 1 aromatic carbocycles. The highest BCUT2D eigenvalue weighted by atomic mass is 35.5. The summed E-state index contributed by atoms with van der Waals surface area (Å²) in [5, 5.41) is 9.65. The Hall–Kier alpha value is -2.17. The Morgan fingerprint density at radius 1 is 1.32 bits per heavy atom. The molecular formula is C20H22ClNO3. The Kier molecular flexibility index (Phi) is 7.16. The van der Waals surface area contributed by atoms with Crippen LogP contribution in [0.15, 0.2) is 36.5 Å². The monoisotopic (exact) mass is 359 g/mol. The highest BCUT2D eigenvalue weighted by Gasteiger charge is 2.13. The van der Waals surface area contributed by atoms with Gasteiger partial charge in [0.2, 0.25) is 5.88 Å². The van der Waals surface area contributed by atoms with Crippen molar-refractivity contribution in [2.24, 2.45) is 5.92 Å². The van der Waals surface area contributed by atoms with E-state index in [-0.39, 0.29) is 18.3 Å². The van der Waals surface area contributed by atoms with E-state index in [1.165, 1.54) is 6.20 Å². The molecule has 1 heterocycles. The lowest BCUT2D eigenvalue weighted by Gasteiger charge is -2.10. The Balaban J connectivity index is 2.21. The van der Waals surface area contributed by atoms with E-state index in [0.29, 0.717) is 29.3 Å². The number of methoxy groups -OCH3 is 1. The Labute approximate surface area is 153 Å². The third-order valence-electron chi connectivity index (χ3n) is 3.88. The maximum atomic E-state index is 12.4. The fourth-order valence-corrected chi connectivity index (χ4v) is 2.55. The van der Waals surface area contributed by atoms with E-state index in [1.807, 2.05) is 43.3 Å². The summed E-state index contributed by atoms with van der Waals surface area (Å²) in [4.78, 5) is 16.6. The molecule has 0 radical (unpaired) electrons. The number of carbonyl (C=O) groups is 1. The number of halogens is 1. The Morgan fingerprint density at radius 3 is 2.68 bits per heavy atom. The van der Waals surface area contributed by atoms with Crippen molar-refractivity contribution in [3.63, 3.8) is 0 Å². The molecule has 0 aliphatic carbocycles.